The van der Waals surface area contributed by atoms with E-state index in [1.54, 1.807) is 50.4 Å². The first-order valence-corrected chi connectivity index (χ1v) is 7.58. The number of carbonyl (C=O) groups is 1. The van der Waals surface area contributed by atoms with Gasteiger partial charge in [-0.15, -0.1) is 0 Å². The van der Waals surface area contributed by atoms with Gasteiger partial charge in [-0.3, -0.25) is 4.79 Å². The number of benzene rings is 1. The van der Waals surface area contributed by atoms with Gasteiger partial charge in [-0.25, -0.2) is 0 Å². The lowest BCUT2D eigenvalue weighted by atomic mass is 9.96. The number of hydrogen-bond donors (Lipinski definition) is 2. The average Bonchev–Trinajstić information content (AvgIpc) is 2.90. The molecule has 0 bridgehead atoms. The van der Waals surface area contributed by atoms with E-state index >= 15 is 0 Å². The van der Waals surface area contributed by atoms with E-state index in [4.69, 9.17) is 4.42 Å². The van der Waals surface area contributed by atoms with Gasteiger partial charge in [0.25, 0.3) is 5.91 Å². The van der Waals surface area contributed by atoms with E-state index in [9.17, 15) is 9.90 Å². The van der Waals surface area contributed by atoms with Crippen LogP contribution >= 0.6 is 0 Å². The highest BCUT2D eigenvalue weighted by Gasteiger charge is 2.28. The molecule has 1 aromatic heterocycles. The predicted molar refractivity (Wildman–Crippen MR) is 91.1 cm³/mol. The van der Waals surface area contributed by atoms with Gasteiger partial charge >= 0.3 is 0 Å². The minimum Gasteiger partial charge on any atom is -0.466 e. The van der Waals surface area contributed by atoms with Gasteiger partial charge in [-0.1, -0.05) is 17.3 Å². The van der Waals surface area contributed by atoms with Gasteiger partial charge in [0.05, 0.1) is 12.8 Å². The second-order valence-corrected chi connectivity index (χ2v) is 5.82. The molecule has 2 rings (SSSR count). The number of amides is 1. The molecule has 0 aliphatic rings. The van der Waals surface area contributed by atoms with Gasteiger partial charge < -0.3 is 19.7 Å². The van der Waals surface area contributed by atoms with E-state index < -0.39 is 5.60 Å². The Bertz CT molecular complexity index is 730. The lowest BCUT2D eigenvalue weighted by Crippen LogP contribution is -2.38. The summed E-state index contributed by atoms with van der Waals surface area (Å²) in [6.45, 7) is 5.34. The fraction of sp³-hybridized carbons (Fsp3) is 0.333. The summed E-state index contributed by atoms with van der Waals surface area (Å²) in [5.41, 5.74) is 0.791. The predicted octanol–water partition coefficient (Wildman–Crippen LogP) is 2.51. The van der Waals surface area contributed by atoms with Crippen LogP contribution in [0.1, 0.15) is 39.9 Å². The van der Waals surface area contributed by atoms with Crippen molar-refractivity contribution >= 4 is 12.1 Å². The Balaban J connectivity index is 2.02. The van der Waals surface area contributed by atoms with E-state index in [-0.39, 0.29) is 12.5 Å². The lowest BCUT2D eigenvalue weighted by molar-refractivity contribution is 0.0514. The number of aliphatic hydroxyl groups is 1. The SMILES string of the molecule is CON=Cc1ccc(C(=O)NCC(C)(O)c2cc(C)oc2C)cc1. The molecule has 0 fully saturated rings. The van der Waals surface area contributed by atoms with Crippen molar-refractivity contribution in [3.05, 3.63) is 58.5 Å². The zero-order chi connectivity index (χ0) is 17.7. The van der Waals surface area contributed by atoms with Gasteiger partial charge in [-0.2, -0.15) is 0 Å². The molecule has 128 valence electrons. The smallest absolute Gasteiger partial charge is 0.251 e. The Morgan fingerprint density at radius 1 is 1.38 bits per heavy atom. The minimum absolute atomic E-state index is 0.0819. The number of rotatable bonds is 6. The number of oxime groups is 1. The van der Waals surface area contributed by atoms with Crippen molar-refractivity contribution in [2.45, 2.75) is 26.4 Å². The molecule has 2 N–H and O–H groups in total. The van der Waals surface area contributed by atoms with Gasteiger partial charge in [-0.05, 0) is 44.5 Å². The van der Waals surface area contributed by atoms with Crippen molar-refractivity contribution in [3.8, 4) is 0 Å². The first kappa shape index (κ1) is 17.7. The van der Waals surface area contributed by atoms with Gasteiger partial charge in [0.1, 0.15) is 24.2 Å². The zero-order valence-corrected chi connectivity index (χ0v) is 14.3. The second kappa shape index (κ2) is 7.31. The molecule has 0 saturated heterocycles. The molecule has 2 aromatic rings. The second-order valence-electron chi connectivity index (χ2n) is 5.82. The van der Waals surface area contributed by atoms with E-state index in [1.807, 2.05) is 6.92 Å². The molecule has 0 spiro atoms. The average molecular weight is 330 g/mol. The monoisotopic (exact) mass is 330 g/mol. The topological polar surface area (TPSA) is 84.1 Å². The molecule has 0 aliphatic carbocycles. The molecule has 1 aromatic carbocycles. The Kier molecular flexibility index (Phi) is 5.41. The molecular formula is C18H22N2O4. The summed E-state index contributed by atoms with van der Waals surface area (Å²) in [7, 11) is 1.47. The minimum atomic E-state index is -1.21. The Hall–Kier alpha value is -2.60. The summed E-state index contributed by atoms with van der Waals surface area (Å²) >= 11 is 0. The van der Waals surface area contributed by atoms with Gasteiger partial charge in [0.2, 0.25) is 0 Å². The van der Waals surface area contributed by atoms with Crippen LogP contribution in [0, 0.1) is 13.8 Å². The van der Waals surface area contributed by atoms with Crippen LogP contribution in [0.5, 0.6) is 0 Å². The highest BCUT2D eigenvalue weighted by Crippen LogP contribution is 2.26. The lowest BCUT2D eigenvalue weighted by Gasteiger charge is -2.23. The van der Waals surface area contributed by atoms with Crippen LogP contribution in [0.4, 0.5) is 0 Å². The number of furan rings is 1. The van der Waals surface area contributed by atoms with Crippen LogP contribution in [0.2, 0.25) is 0 Å². The first-order valence-electron chi connectivity index (χ1n) is 7.58. The van der Waals surface area contributed by atoms with Crippen molar-refractivity contribution in [1.82, 2.24) is 5.32 Å². The number of carbonyl (C=O) groups excluding carboxylic acids is 1. The molecule has 1 heterocycles. The van der Waals surface area contributed by atoms with Crippen LogP contribution in [-0.4, -0.2) is 30.9 Å². The summed E-state index contributed by atoms with van der Waals surface area (Å²) in [6, 6.07) is 8.69. The maximum Gasteiger partial charge on any atom is 0.251 e. The summed E-state index contributed by atoms with van der Waals surface area (Å²) in [6.07, 6.45) is 1.55. The molecule has 1 atom stereocenters. The molecular weight excluding hydrogens is 308 g/mol. The van der Waals surface area contributed by atoms with E-state index in [0.29, 0.717) is 16.9 Å². The van der Waals surface area contributed by atoms with Crippen molar-refractivity contribution in [2.75, 3.05) is 13.7 Å². The summed E-state index contributed by atoms with van der Waals surface area (Å²) in [4.78, 5) is 16.8. The van der Waals surface area contributed by atoms with Crippen LogP contribution in [0.15, 0.2) is 39.9 Å². The highest BCUT2D eigenvalue weighted by atomic mass is 16.6. The van der Waals surface area contributed by atoms with Crippen molar-refractivity contribution < 1.29 is 19.2 Å². The maximum atomic E-state index is 12.2. The molecule has 6 nitrogen and oxygen atoms in total. The van der Waals surface area contributed by atoms with Crippen molar-refractivity contribution in [3.63, 3.8) is 0 Å². The normalized spacial score (nSPS) is 13.7. The molecule has 24 heavy (non-hydrogen) atoms. The fourth-order valence-electron chi connectivity index (χ4n) is 2.45. The zero-order valence-electron chi connectivity index (χ0n) is 14.3. The third-order valence-electron chi connectivity index (χ3n) is 3.69. The number of nitrogens with one attached hydrogen (secondary N) is 1. The molecule has 0 radical (unpaired) electrons. The standard InChI is InChI=1S/C18H22N2O4/c1-12-9-16(13(2)24-12)18(3,22)11-19-17(21)15-7-5-14(6-8-15)10-20-23-4/h5-10,22H,11H2,1-4H3,(H,19,21). The van der Waals surface area contributed by atoms with Crippen LogP contribution < -0.4 is 5.32 Å². The highest BCUT2D eigenvalue weighted by molar-refractivity contribution is 5.95. The molecule has 0 aliphatic heterocycles. The van der Waals surface area contributed by atoms with Crippen LogP contribution in [0.3, 0.4) is 0 Å². The third kappa shape index (κ3) is 4.23. The summed E-state index contributed by atoms with van der Waals surface area (Å²) in [5, 5.41) is 17.0. The molecule has 1 unspecified atom stereocenters. The first-order chi connectivity index (χ1) is 11.3. The largest absolute Gasteiger partial charge is 0.466 e. The van der Waals surface area contributed by atoms with Crippen LogP contribution in [-0.2, 0) is 10.4 Å². The van der Waals surface area contributed by atoms with Gasteiger partial charge in [0.15, 0.2) is 0 Å². The Morgan fingerprint density at radius 2 is 2.04 bits per heavy atom. The summed E-state index contributed by atoms with van der Waals surface area (Å²) < 4.78 is 5.44. The Labute approximate surface area is 141 Å². The number of aryl methyl sites for hydroxylation is 2. The van der Waals surface area contributed by atoms with Crippen molar-refractivity contribution in [2.24, 2.45) is 5.16 Å². The maximum absolute atomic E-state index is 12.2. The van der Waals surface area contributed by atoms with Crippen molar-refractivity contribution in [1.29, 1.82) is 0 Å². The number of nitrogens with zero attached hydrogens (tertiary/aromatic N) is 1. The fourth-order valence-corrected chi connectivity index (χ4v) is 2.45. The Morgan fingerprint density at radius 3 is 2.58 bits per heavy atom. The molecule has 1 amide bonds. The number of hydrogen-bond acceptors (Lipinski definition) is 5. The van der Waals surface area contributed by atoms with E-state index in [1.165, 1.54) is 7.11 Å². The molecule has 6 heteroatoms. The van der Waals surface area contributed by atoms with E-state index in [2.05, 4.69) is 15.3 Å². The van der Waals surface area contributed by atoms with E-state index in [0.717, 1.165) is 11.3 Å². The quantitative estimate of drug-likeness (QED) is 0.630. The van der Waals surface area contributed by atoms with Crippen LogP contribution in [0.25, 0.3) is 0 Å². The van der Waals surface area contributed by atoms with Gasteiger partial charge in [0, 0.05) is 11.1 Å². The summed E-state index contributed by atoms with van der Waals surface area (Å²) in [5.74, 6) is 1.11. The molecule has 0 saturated carbocycles. The third-order valence-corrected chi connectivity index (χ3v) is 3.69.